The van der Waals surface area contributed by atoms with E-state index in [1.54, 1.807) is 0 Å². The van der Waals surface area contributed by atoms with Crippen LogP contribution in [0.3, 0.4) is 0 Å². The minimum absolute atomic E-state index is 0.0289. The second kappa shape index (κ2) is 5.81. The summed E-state index contributed by atoms with van der Waals surface area (Å²) in [7, 11) is 0. The van der Waals surface area contributed by atoms with Gasteiger partial charge in [-0.3, -0.25) is 0 Å². The van der Waals surface area contributed by atoms with Crippen molar-refractivity contribution in [1.82, 2.24) is 0 Å². The molecular weight excluding hydrogens is 323 g/mol. The number of nitriles is 2. The summed E-state index contributed by atoms with van der Waals surface area (Å²) in [5, 5.41) is 19.0. The normalized spacial score (nSPS) is 9.81. The molecular formula is C18H10N2Se. The molecule has 0 aliphatic heterocycles. The third-order valence-electron chi connectivity index (χ3n) is 3.20. The van der Waals surface area contributed by atoms with Crippen molar-refractivity contribution in [2.45, 2.75) is 0 Å². The molecule has 0 radical (unpaired) electrons. The van der Waals surface area contributed by atoms with Crippen LogP contribution in [-0.4, -0.2) is 14.5 Å². The molecule has 2 nitrogen and oxygen atoms in total. The van der Waals surface area contributed by atoms with Gasteiger partial charge in [-0.25, -0.2) is 0 Å². The average Bonchev–Trinajstić information content (AvgIpc) is 2.95. The van der Waals surface area contributed by atoms with E-state index in [-0.39, 0.29) is 14.5 Å². The van der Waals surface area contributed by atoms with Crippen molar-refractivity contribution in [1.29, 1.82) is 10.5 Å². The molecule has 1 heterocycles. The van der Waals surface area contributed by atoms with Gasteiger partial charge in [-0.1, -0.05) is 0 Å². The summed E-state index contributed by atoms with van der Waals surface area (Å²) in [6, 6.07) is 24.2. The van der Waals surface area contributed by atoms with Crippen molar-refractivity contribution in [2.24, 2.45) is 0 Å². The molecule has 0 aliphatic carbocycles. The summed E-state index contributed by atoms with van der Waals surface area (Å²) in [4.78, 5) is 0. The standard InChI is InChI=1S/C18H10N2Se/c19-11-15-16(12-20)18(14-9-5-2-6-10-14)21-17(15)13-7-3-1-4-8-13/h1-10H. The minimum atomic E-state index is -0.0289. The number of hydrogen-bond donors (Lipinski definition) is 0. The first-order valence-corrected chi connectivity index (χ1v) is 8.14. The van der Waals surface area contributed by atoms with Gasteiger partial charge >= 0.3 is 129 Å². The third-order valence-corrected chi connectivity index (χ3v) is 5.91. The Bertz CT molecular complexity index is 778. The molecule has 0 bridgehead atoms. The van der Waals surface area contributed by atoms with E-state index in [1.165, 1.54) is 0 Å². The van der Waals surface area contributed by atoms with E-state index in [0.717, 1.165) is 20.0 Å². The second-order valence-corrected chi connectivity index (χ2v) is 6.61. The fourth-order valence-corrected chi connectivity index (χ4v) is 4.77. The zero-order valence-corrected chi connectivity index (χ0v) is 12.8. The Morgan fingerprint density at radius 1 is 0.619 bits per heavy atom. The van der Waals surface area contributed by atoms with Crippen LogP contribution in [-0.2, 0) is 0 Å². The first kappa shape index (κ1) is 13.4. The molecule has 1 aromatic heterocycles. The van der Waals surface area contributed by atoms with E-state index < -0.39 is 0 Å². The van der Waals surface area contributed by atoms with E-state index in [0.29, 0.717) is 11.1 Å². The van der Waals surface area contributed by atoms with Crippen LogP contribution in [0.5, 0.6) is 0 Å². The molecule has 0 saturated heterocycles. The van der Waals surface area contributed by atoms with E-state index >= 15 is 0 Å². The molecule has 3 heteroatoms. The van der Waals surface area contributed by atoms with Gasteiger partial charge in [-0.2, -0.15) is 0 Å². The Morgan fingerprint density at radius 2 is 1.00 bits per heavy atom. The van der Waals surface area contributed by atoms with Gasteiger partial charge in [0.1, 0.15) is 0 Å². The molecule has 0 fully saturated rings. The first-order chi connectivity index (χ1) is 10.3. The van der Waals surface area contributed by atoms with Gasteiger partial charge in [0, 0.05) is 0 Å². The second-order valence-electron chi connectivity index (χ2n) is 4.47. The Hall–Kier alpha value is -2.58. The van der Waals surface area contributed by atoms with Crippen molar-refractivity contribution < 1.29 is 0 Å². The van der Waals surface area contributed by atoms with Gasteiger partial charge in [0.2, 0.25) is 0 Å². The number of hydrogen-bond acceptors (Lipinski definition) is 2. The molecule has 98 valence electrons. The molecule has 2 aromatic carbocycles. The number of nitrogens with zero attached hydrogens (tertiary/aromatic N) is 2. The number of rotatable bonds is 2. The fraction of sp³-hybridized carbons (Fsp3) is 0. The molecule has 0 aliphatic rings. The van der Waals surface area contributed by atoms with Crippen LogP contribution in [0.15, 0.2) is 60.7 Å². The molecule has 0 amide bonds. The van der Waals surface area contributed by atoms with E-state index in [2.05, 4.69) is 12.1 Å². The Kier molecular flexibility index (Phi) is 3.71. The molecule has 0 unspecified atom stereocenters. The van der Waals surface area contributed by atoms with Gasteiger partial charge in [-0.15, -0.1) is 0 Å². The summed E-state index contributed by atoms with van der Waals surface area (Å²) in [6.45, 7) is 0. The van der Waals surface area contributed by atoms with Crippen LogP contribution < -0.4 is 0 Å². The zero-order chi connectivity index (χ0) is 14.7. The van der Waals surface area contributed by atoms with E-state index in [9.17, 15) is 10.5 Å². The van der Waals surface area contributed by atoms with Gasteiger partial charge in [0.15, 0.2) is 0 Å². The van der Waals surface area contributed by atoms with Gasteiger partial charge < -0.3 is 0 Å². The summed E-state index contributed by atoms with van der Waals surface area (Å²) < 4.78 is 2.00. The van der Waals surface area contributed by atoms with Crippen molar-refractivity contribution in [3.05, 3.63) is 71.8 Å². The van der Waals surface area contributed by atoms with E-state index in [1.807, 2.05) is 60.7 Å². The molecule has 21 heavy (non-hydrogen) atoms. The van der Waals surface area contributed by atoms with E-state index in [4.69, 9.17) is 0 Å². The van der Waals surface area contributed by atoms with Crippen LogP contribution in [0.25, 0.3) is 20.0 Å². The van der Waals surface area contributed by atoms with Gasteiger partial charge in [0.05, 0.1) is 0 Å². The van der Waals surface area contributed by atoms with Crippen LogP contribution in [0.4, 0.5) is 0 Å². The quantitative estimate of drug-likeness (QED) is 0.669. The molecule has 3 rings (SSSR count). The van der Waals surface area contributed by atoms with Gasteiger partial charge in [0.25, 0.3) is 0 Å². The summed E-state index contributed by atoms with van der Waals surface area (Å²) >= 11 is -0.0289. The Labute approximate surface area is 129 Å². The molecule has 0 N–H and O–H groups in total. The molecule has 0 spiro atoms. The number of benzene rings is 2. The Balaban J connectivity index is 2.28. The SMILES string of the molecule is N#Cc1c(-c2ccccc2)[se]c(-c2ccccc2)c1C#N. The average molecular weight is 333 g/mol. The van der Waals surface area contributed by atoms with Gasteiger partial charge in [-0.05, 0) is 0 Å². The molecule has 0 saturated carbocycles. The van der Waals surface area contributed by atoms with Crippen LogP contribution in [0.1, 0.15) is 11.1 Å². The van der Waals surface area contributed by atoms with Crippen LogP contribution in [0.2, 0.25) is 0 Å². The monoisotopic (exact) mass is 334 g/mol. The fourth-order valence-electron chi connectivity index (χ4n) is 2.23. The predicted octanol–water partition coefficient (Wildman–Crippen LogP) is 3.82. The zero-order valence-electron chi connectivity index (χ0n) is 11.1. The summed E-state index contributed by atoms with van der Waals surface area (Å²) in [5.41, 5.74) is 3.13. The first-order valence-electron chi connectivity index (χ1n) is 6.43. The summed E-state index contributed by atoms with van der Waals surface area (Å²) in [5.74, 6) is 0. The van der Waals surface area contributed by atoms with Crippen LogP contribution >= 0.6 is 0 Å². The maximum atomic E-state index is 9.48. The molecule has 0 atom stereocenters. The van der Waals surface area contributed by atoms with Crippen molar-refractivity contribution in [3.63, 3.8) is 0 Å². The van der Waals surface area contributed by atoms with Crippen LogP contribution in [0, 0.1) is 22.7 Å². The maximum absolute atomic E-state index is 9.48. The molecule has 3 aromatic rings. The predicted molar refractivity (Wildman–Crippen MR) is 83.7 cm³/mol. The topological polar surface area (TPSA) is 47.6 Å². The summed E-state index contributed by atoms with van der Waals surface area (Å²) in [6.07, 6.45) is 0. The third kappa shape index (κ3) is 2.41. The van der Waals surface area contributed by atoms with Crippen molar-refractivity contribution in [2.75, 3.05) is 0 Å². The Morgan fingerprint density at radius 3 is 1.33 bits per heavy atom. The van der Waals surface area contributed by atoms with Crippen molar-refractivity contribution in [3.8, 4) is 32.1 Å². The van der Waals surface area contributed by atoms with Crippen molar-refractivity contribution >= 4 is 14.5 Å².